The Kier molecular flexibility index (Phi) is 2.50. The molecule has 0 saturated heterocycles. The van der Waals surface area contributed by atoms with Gasteiger partial charge < -0.3 is 10.5 Å². The smallest absolute Gasteiger partial charge is 0.414 e. The van der Waals surface area contributed by atoms with Crippen LogP contribution in [0.2, 0.25) is 0 Å². The fraction of sp³-hybridized carbons (Fsp3) is 0.667. The largest absolute Gasteiger partial charge is 0.443 e. The Balaban J connectivity index is 2.50. The third kappa shape index (κ3) is 2.97. The van der Waals surface area contributed by atoms with E-state index < -0.39 is 5.60 Å². The van der Waals surface area contributed by atoms with Gasteiger partial charge in [-0.3, -0.25) is 4.90 Å². The molecule has 4 heteroatoms. The summed E-state index contributed by atoms with van der Waals surface area (Å²) in [5.41, 5.74) is 5.82. The highest BCUT2D eigenvalue weighted by atomic mass is 16.6. The molecule has 0 unspecified atom stereocenters. The van der Waals surface area contributed by atoms with Gasteiger partial charge in [0.1, 0.15) is 5.60 Å². The van der Waals surface area contributed by atoms with Crippen molar-refractivity contribution in [2.45, 2.75) is 32.8 Å². The number of hydrogen-bond donors (Lipinski definition) is 1. The minimum absolute atomic E-state index is 0.326. The van der Waals surface area contributed by atoms with Gasteiger partial charge in [0, 0.05) is 24.9 Å². The Labute approximate surface area is 78.3 Å². The Morgan fingerprint density at radius 1 is 1.62 bits per heavy atom. The predicted molar refractivity (Wildman–Crippen MR) is 49.8 cm³/mol. The summed E-state index contributed by atoms with van der Waals surface area (Å²) >= 11 is 0. The molecule has 2 N–H and O–H groups in total. The normalized spacial score (nSPS) is 17.2. The van der Waals surface area contributed by atoms with Crippen LogP contribution in [0.25, 0.3) is 0 Å². The fourth-order valence-corrected chi connectivity index (χ4v) is 1.04. The lowest BCUT2D eigenvalue weighted by Crippen LogP contribution is -2.32. The SMILES string of the molecule is CC(C)(C)OC(=O)N1C=C(N)CC1. The highest BCUT2D eigenvalue weighted by Crippen LogP contribution is 2.14. The summed E-state index contributed by atoms with van der Waals surface area (Å²) in [5, 5.41) is 0. The quantitative estimate of drug-likeness (QED) is 0.619. The van der Waals surface area contributed by atoms with E-state index in [2.05, 4.69) is 0 Å². The maximum atomic E-state index is 11.4. The van der Waals surface area contributed by atoms with Crippen LogP contribution < -0.4 is 5.73 Å². The molecule has 1 aliphatic heterocycles. The van der Waals surface area contributed by atoms with Gasteiger partial charge in [-0.15, -0.1) is 0 Å². The minimum Gasteiger partial charge on any atom is -0.443 e. The van der Waals surface area contributed by atoms with Crippen LogP contribution in [0.3, 0.4) is 0 Å². The van der Waals surface area contributed by atoms with E-state index in [1.54, 1.807) is 6.20 Å². The van der Waals surface area contributed by atoms with Gasteiger partial charge in [0.05, 0.1) is 0 Å². The number of carbonyl (C=O) groups excluding carboxylic acids is 1. The average molecular weight is 184 g/mol. The maximum absolute atomic E-state index is 11.4. The van der Waals surface area contributed by atoms with E-state index in [-0.39, 0.29) is 6.09 Å². The van der Waals surface area contributed by atoms with Crippen molar-refractivity contribution in [2.75, 3.05) is 6.54 Å². The van der Waals surface area contributed by atoms with Gasteiger partial charge in [-0.2, -0.15) is 0 Å². The first kappa shape index (κ1) is 9.89. The number of nitrogens with two attached hydrogens (primary N) is 1. The molecule has 0 saturated carbocycles. The van der Waals surface area contributed by atoms with Crippen LogP contribution in [0.1, 0.15) is 27.2 Å². The molecule has 4 nitrogen and oxygen atoms in total. The number of nitrogens with zero attached hydrogens (tertiary/aromatic N) is 1. The van der Waals surface area contributed by atoms with Gasteiger partial charge in [0.25, 0.3) is 0 Å². The lowest BCUT2D eigenvalue weighted by atomic mass is 10.2. The molecule has 0 aromatic rings. The molecule has 0 radical (unpaired) electrons. The van der Waals surface area contributed by atoms with Gasteiger partial charge in [-0.1, -0.05) is 0 Å². The summed E-state index contributed by atoms with van der Waals surface area (Å²) in [6.07, 6.45) is 2.04. The zero-order chi connectivity index (χ0) is 10.1. The molecule has 0 spiro atoms. The van der Waals surface area contributed by atoms with Gasteiger partial charge in [-0.05, 0) is 20.8 Å². The summed E-state index contributed by atoms with van der Waals surface area (Å²) in [6, 6.07) is 0. The minimum atomic E-state index is -0.442. The van der Waals surface area contributed by atoms with Crippen molar-refractivity contribution in [3.8, 4) is 0 Å². The van der Waals surface area contributed by atoms with E-state index in [1.807, 2.05) is 20.8 Å². The monoisotopic (exact) mass is 184 g/mol. The molecule has 74 valence electrons. The van der Waals surface area contributed by atoms with Gasteiger partial charge >= 0.3 is 6.09 Å². The first-order valence-electron chi connectivity index (χ1n) is 4.34. The van der Waals surface area contributed by atoms with Crippen molar-refractivity contribution < 1.29 is 9.53 Å². The Bertz CT molecular complexity index is 240. The van der Waals surface area contributed by atoms with E-state index >= 15 is 0 Å². The summed E-state index contributed by atoms with van der Waals surface area (Å²) in [7, 11) is 0. The number of carbonyl (C=O) groups is 1. The van der Waals surface area contributed by atoms with E-state index in [0.29, 0.717) is 6.54 Å². The van der Waals surface area contributed by atoms with Crippen LogP contribution in [0, 0.1) is 0 Å². The van der Waals surface area contributed by atoms with Crippen LogP contribution in [-0.4, -0.2) is 23.1 Å². The maximum Gasteiger partial charge on any atom is 0.414 e. The van der Waals surface area contributed by atoms with E-state index in [4.69, 9.17) is 10.5 Å². The fourth-order valence-electron chi connectivity index (χ4n) is 1.04. The molecule has 13 heavy (non-hydrogen) atoms. The highest BCUT2D eigenvalue weighted by Gasteiger charge is 2.23. The third-order valence-electron chi connectivity index (χ3n) is 1.59. The second-order valence-electron chi connectivity index (χ2n) is 4.13. The molecule has 1 heterocycles. The average Bonchev–Trinajstić information content (AvgIpc) is 2.31. The van der Waals surface area contributed by atoms with Crippen molar-refractivity contribution in [2.24, 2.45) is 5.73 Å². The van der Waals surface area contributed by atoms with Gasteiger partial charge in [-0.25, -0.2) is 4.79 Å². The Hall–Kier alpha value is -1.19. The van der Waals surface area contributed by atoms with Crippen molar-refractivity contribution in [3.63, 3.8) is 0 Å². The third-order valence-corrected chi connectivity index (χ3v) is 1.59. The lowest BCUT2D eigenvalue weighted by Gasteiger charge is -2.22. The zero-order valence-electron chi connectivity index (χ0n) is 8.33. The van der Waals surface area contributed by atoms with Crippen molar-refractivity contribution in [3.05, 3.63) is 11.9 Å². The molecule has 1 rings (SSSR count). The molecule has 0 aromatic carbocycles. The Morgan fingerprint density at radius 2 is 2.23 bits per heavy atom. The number of rotatable bonds is 0. The zero-order valence-corrected chi connectivity index (χ0v) is 8.33. The van der Waals surface area contributed by atoms with Gasteiger partial charge in [0.2, 0.25) is 0 Å². The summed E-state index contributed by atoms with van der Waals surface area (Å²) in [4.78, 5) is 12.9. The molecule has 0 atom stereocenters. The van der Waals surface area contributed by atoms with E-state index in [9.17, 15) is 4.79 Å². The van der Waals surface area contributed by atoms with Crippen molar-refractivity contribution in [1.82, 2.24) is 4.90 Å². The van der Waals surface area contributed by atoms with Gasteiger partial charge in [0.15, 0.2) is 0 Å². The molecule has 0 fully saturated rings. The molecular formula is C9H16N2O2. The van der Waals surface area contributed by atoms with Crippen LogP contribution in [0.5, 0.6) is 0 Å². The summed E-state index contributed by atoms with van der Waals surface area (Å²) < 4.78 is 5.16. The van der Waals surface area contributed by atoms with Crippen molar-refractivity contribution >= 4 is 6.09 Å². The second-order valence-corrected chi connectivity index (χ2v) is 4.13. The van der Waals surface area contributed by atoms with Crippen molar-refractivity contribution in [1.29, 1.82) is 0 Å². The van der Waals surface area contributed by atoms with E-state index in [1.165, 1.54) is 4.90 Å². The molecule has 0 aromatic heterocycles. The predicted octanol–water partition coefficient (Wildman–Crippen LogP) is 1.43. The first-order chi connectivity index (χ1) is 5.88. The first-order valence-corrected chi connectivity index (χ1v) is 4.34. The van der Waals surface area contributed by atoms with E-state index in [0.717, 1.165) is 12.1 Å². The number of hydrogen-bond acceptors (Lipinski definition) is 3. The Morgan fingerprint density at radius 3 is 2.62 bits per heavy atom. The van der Waals surface area contributed by atoms with Crippen LogP contribution in [0.4, 0.5) is 4.79 Å². The van der Waals surface area contributed by atoms with Crippen LogP contribution in [-0.2, 0) is 4.74 Å². The summed E-state index contributed by atoms with van der Waals surface area (Å²) in [5.74, 6) is 0. The topological polar surface area (TPSA) is 55.6 Å². The molecule has 0 bridgehead atoms. The van der Waals surface area contributed by atoms with Crippen LogP contribution >= 0.6 is 0 Å². The molecular weight excluding hydrogens is 168 g/mol. The summed E-state index contributed by atoms with van der Waals surface area (Å²) in [6.45, 7) is 6.15. The molecule has 0 aliphatic carbocycles. The molecule has 1 amide bonds. The van der Waals surface area contributed by atoms with Crippen LogP contribution in [0.15, 0.2) is 11.9 Å². The standard InChI is InChI=1S/C9H16N2O2/c1-9(2,3)13-8(12)11-5-4-7(10)6-11/h6H,4-5,10H2,1-3H3. The lowest BCUT2D eigenvalue weighted by molar-refractivity contribution is 0.0349. The highest BCUT2D eigenvalue weighted by molar-refractivity contribution is 5.70. The second kappa shape index (κ2) is 3.28. The number of amides is 1. The molecule has 1 aliphatic rings. The number of ether oxygens (including phenoxy) is 1.